The highest BCUT2D eigenvalue weighted by atomic mass is 16.4. The van der Waals surface area contributed by atoms with Crippen LogP contribution in [0.4, 0.5) is 4.79 Å². The van der Waals surface area contributed by atoms with Crippen LogP contribution in [0, 0.1) is 0 Å². The number of hydrogen-bond acceptors (Lipinski definition) is 3. The molecular formula is C16H24N4O3. The molecule has 1 fully saturated rings. The first-order valence-corrected chi connectivity index (χ1v) is 8.47. The van der Waals surface area contributed by atoms with Gasteiger partial charge in [-0.1, -0.05) is 12.8 Å². The molecular weight excluding hydrogens is 296 g/mol. The fourth-order valence-corrected chi connectivity index (χ4v) is 3.55. The minimum atomic E-state index is -0.916. The molecule has 0 spiro atoms. The molecule has 1 heterocycles. The number of aromatic nitrogens is 2. The van der Waals surface area contributed by atoms with E-state index in [2.05, 4.69) is 21.5 Å². The zero-order valence-electron chi connectivity index (χ0n) is 13.3. The summed E-state index contributed by atoms with van der Waals surface area (Å²) in [6, 6.07) is 0.108. The quantitative estimate of drug-likeness (QED) is 0.774. The summed E-state index contributed by atoms with van der Waals surface area (Å²) in [6.07, 6.45) is 9.92. The summed E-state index contributed by atoms with van der Waals surface area (Å²) in [6.45, 7) is 0.136. The summed E-state index contributed by atoms with van der Waals surface area (Å²) >= 11 is 0. The van der Waals surface area contributed by atoms with E-state index in [1.165, 1.54) is 31.2 Å². The Bertz CT molecular complexity index is 578. The molecule has 0 bridgehead atoms. The average molecular weight is 320 g/mol. The Morgan fingerprint density at radius 3 is 2.78 bits per heavy atom. The number of aryl methyl sites for hydroxylation is 1. The van der Waals surface area contributed by atoms with E-state index in [4.69, 9.17) is 10.2 Å². The van der Waals surface area contributed by atoms with E-state index in [-0.39, 0.29) is 25.0 Å². The smallest absolute Gasteiger partial charge is 0.315 e. The second kappa shape index (κ2) is 7.02. The van der Waals surface area contributed by atoms with Gasteiger partial charge >= 0.3 is 12.0 Å². The molecule has 126 valence electrons. The number of rotatable bonds is 5. The van der Waals surface area contributed by atoms with E-state index < -0.39 is 5.97 Å². The van der Waals surface area contributed by atoms with Gasteiger partial charge in [0.2, 0.25) is 0 Å². The molecule has 1 aromatic rings. The molecule has 2 aliphatic rings. The van der Waals surface area contributed by atoms with Crippen LogP contribution in [-0.2, 0) is 11.2 Å². The molecule has 3 N–H and O–H groups in total. The van der Waals surface area contributed by atoms with E-state index in [9.17, 15) is 9.59 Å². The topological polar surface area (TPSA) is 96.3 Å². The van der Waals surface area contributed by atoms with Crippen LogP contribution in [0.3, 0.4) is 0 Å². The largest absolute Gasteiger partial charge is 0.481 e. The number of carboxylic acids is 1. The van der Waals surface area contributed by atoms with Crippen LogP contribution >= 0.6 is 0 Å². The van der Waals surface area contributed by atoms with Gasteiger partial charge in [0.05, 0.1) is 24.2 Å². The third-order valence-corrected chi connectivity index (χ3v) is 4.74. The summed E-state index contributed by atoms with van der Waals surface area (Å²) in [5.41, 5.74) is 2.22. The van der Waals surface area contributed by atoms with Crippen molar-refractivity contribution in [2.45, 2.75) is 63.5 Å². The van der Waals surface area contributed by atoms with E-state index in [1.54, 1.807) is 0 Å². The highest BCUT2D eigenvalue weighted by molar-refractivity contribution is 5.75. The lowest BCUT2D eigenvalue weighted by Gasteiger charge is -2.22. The normalized spacial score (nSPS) is 21.0. The highest BCUT2D eigenvalue weighted by Gasteiger charge is 2.27. The number of aliphatic carboxylic acids is 1. The standard InChI is InChI=1S/C16H24N4O3/c21-14(22)8-9-17-16(23)18-13-7-3-4-11-10-20(19-15(11)13)12-5-1-2-6-12/h10,12-13H,1-9H2,(H,21,22)(H2,17,18,23). The molecule has 0 aromatic carbocycles. The number of nitrogens with zero attached hydrogens (tertiary/aromatic N) is 2. The van der Waals surface area contributed by atoms with Gasteiger partial charge in [-0.2, -0.15) is 5.10 Å². The Kier molecular flexibility index (Phi) is 4.83. The van der Waals surface area contributed by atoms with Gasteiger partial charge in [0.25, 0.3) is 0 Å². The fourth-order valence-electron chi connectivity index (χ4n) is 3.55. The zero-order chi connectivity index (χ0) is 16.2. The van der Waals surface area contributed by atoms with Crippen molar-refractivity contribution in [1.82, 2.24) is 20.4 Å². The van der Waals surface area contributed by atoms with Crippen molar-refractivity contribution in [3.8, 4) is 0 Å². The van der Waals surface area contributed by atoms with Gasteiger partial charge in [-0.3, -0.25) is 9.48 Å². The Morgan fingerprint density at radius 2 is 2.04 bits per heavy atom. The number of nitrogens with one attached hydrogen (secondary N) is 2. The first-order chi connectivity index (χ1) is 11.1. The van der Waals surface area contributed by atoms with Crippen LogP contribution in [-0.4, -0.2) is 33.4 Å². The summed E-state index contributed by atoms with van der Waals surface area (Å²) in [5, 5.41) is 18.9. The maximum Gasteiger partial charge on any atom is 0.315 e. The average Bonchev–Trinajstić information content (AvgIpc) is 3.16. The molecule has 0 aliphatic heterocycles. The van der Waals surface area contributed by atoms with Gasteiger partial charge in [0.15, 0.2) is 0 Å². The predicted octanol–water partition coefficient (Wildman–Crippen LogP) is 2.15. The summed E-state index contributed by atoms with van der Waals surface area (Å²) < 4.78 is 2.10. The van der Waals surface area contributed by atoms with Crippen molar-refractivity contribution >= 4 is 12.0 Å². The Labute approximate surface area is 135 Å². The maximum absolute atomic E-state index is 11.9. The molecule has 2 amide bonds. The third-order valence-electron chi connectivity index (χ3n) is 4.74. The number of fused-ring (bicyclic) bond motifs is 1. The molecule has 0 radical (unpaired) electrons. The first-order valence-electron chi connectivity index (χ1n) is 8.47. The van der Waals surface area contributed by atoms with Crippen LogP contribution in [0.25, 0.3) is 0 Å². The fraction of sp³-hybridized carbons (Fsp3) is 0.688. The number of amides is 2. The molecule has 1 atom stereocenters. The van der Waals surface area contributed by atoms with E-state index in [1.807, 2.05) is 0 Å². The molecule has 7 heteroatoms. The highest BCUT2D eigenvalue weighted by Crippen LogP contribution is 2.33. The van der Waals surface area contributed by atoms with Crippen molar-refractivity contribution in [3.63, 3.8) is 0 Å². The Morgan fingerprint density at radius 1 is 1.26 bits per heavy atom. The summed E-state index contributed by atoms with van der Waals surface area (Å²) in [7, 11) is 0. The number of carbonyl (C=O) groups is 2. The van der Waals surface area contributed by atoms with Crippen molar-refractivity contribution in [2.24, 2.45) is 0 Å². The molecule has 2 aliphatic carbocycles. The lowest BCUT2D eigenvalue weighted by molar-refractivity contribution is -0.136. The maximum atomic E-state index is 11.9. The van der Waals surface area contributed by atoms with Crippen molar-refractivity contribution < 1.29 is 14.7 Å². The number of carboxylic acid groups (broad SMARTS) is 1. The van der Waals surface area contributed by atoms with E-state index in [0.29, 0.717) is 6.04 Å². The second-order valence-electron chi connectivity index (χ2n) is 6.45. The van der Waals surface area contributed by atoms with Gasteiger partial charge in [-0.25, -0.2) is 4.79 Å². The van der Waals surface area contributed by atoms with Gasteiger partial charge in [0, 0.05) is 12.7 Å². The number of hydrogen-bond donors (Lipinski definition) is 3. The minimum Gasteiger partial charge on any atom is -0.481 e. The van der Waals surface area contributed by atoms with Crippen LogP contribution in [0.1, 0.15) is 68.3 Å². The molecule has 1 saturated carbocycles. The lowest BCUT2D eigenvalue weighted by atomic mass is 9.94. The molecule has 7 nitrogen and oxygen atoms in total. The zero-order valence-corrected chi connectivity index (χ0v) is 13.3. The predicted molar refractivity (Wildman–Crippen MR) is 84.2 cm³/mol. The number of urea groups is 1. The van der Waals surface area contributed by atoms with Crippen LogP contribution in [0.5, 0.6) is 0 Å². The molecule has 23 heavy (non-hydrogen) atoms. The summed E-state index contributed by atoms with van der Waals surface area (Å²) in [5.74, 6) is -0.916. The lowest BCUT2D eigenvalue weighted by Crippen LogP contribution is -2.40. The second-order valence-corrected chi connectivity index (χ2v) is 6.45. The first kappa shape index (κ1) is 15.8. The Balaban J connectivity index is 1.61. The molecule has 1 unspecified atom stereocenters. The van der Waals surface area contributed by atoms with Crippen LogP contribution in [0.15, 0.2) is 6.20 Å². The van der Waals surface area contributed by atoms with E-state index in [0.717, 1.165) is 25.0 Å². The van der Waals surface area contributed by atoms with Gasteiger partial charge in [-0.05, 0) is 37.7 Å². The monoisotopic (exact) mass is 320 g/mol. The van der Waals surface area contributed by atoms with Crippen molar-refractivity contribution in [2.75, 3.05) is 6.54 Å². The van der Waals surface area contributed by atoms with Crippen LogP contribution < -0.4 is 10.6 Å². The Hall–Kier alpha value is -2.05. The SMILES string of the molecule is O=C(O)CCNC(=O)NC1CCCc2cn(C3CCCC3)nc21. The minimum absolute atomic E-state index is 0.0698. The molecule has 0 saturated heterocycles. The summed E-state index contributed by atoms with van der Waals surface area (Å²) in [4.78, 5) is 22.4. The van der Waals surface area contributed by atoms with Crippen molar-refractivity contribution in [1.29, 1.82) is 0 Å². The van der Waals surface area contributed by atoms with Crippen molar-refractivity contribution in [3.05, 3.63) is 17.5 Å². The molecule has 1 aromatic heterocycles. The van der Waals surface area contributed by atoms with Gasteiger partial charge < -0.3 is 15.7 Å². The van der Waals surface area contributed by atoms with Gasteiger partial charge in [0.1, 0.15) is 0 Å². The molecule has 3 rings (SSSR count). The third kappa shape index (κ3) is 3.83. The van der Waals surface area contributed by atoms with Crippen LogP contribution in [0.2, 0.25) is 0 Å². The van der Waals surface area contributed by atoms with Gasteiger partial charge in [-0.15, -0.1) is 0 Å². The number of carbonyl (C=O) groups excluding carboxylic acids is 1. The van der Waals surface area contributed by atoms with E-state index >= 15 is 0 Å².